The van der Waals surface area contributed by atoms with Crippen molar-refractivity contribution in [3.8, 4) is 11.5 Å². The lowest BCUT2D eigenvalue weighted by molar-refractivity contribution is -0.135. The first-order valence-electron chi connectivity index (χ1n) is 7.83. The predicted octanol–water partition coefficient (Wildman–Crippen LogP) is 1.83. The van der Waals surface area contributed by atoms with Gasteiger partial charge in [-0.05, 0) is 30.5 Å². The van der Waals surface area contributed by atoms with Crippen molar-refractivity contribution in [2.45, 2.75) is 25.9 Å². The maximum atomic E-state index is 12.7. The van der Waals surface area contributed by atoms with Crippen LogP contribution in [0.4, 0.5) is 0 Å². The highest BCUT2D eigenvalue weighted by Crippen LogP contribution is 2.33. The van der Waals surface area contributed by atoms with E-state index in [1.54, 1.807) is 4.90 Å². The lowest BCUT2D eigenvalue weighted by atomic mass is 9.96. The first-order valence-corrected chi connectivity index (χ1v) is 7.83. The molecule has 0 fully saturated rings. The smallest absolute Gasteiger partial charge is 0.231 e. The van der Waals surface area contributed by atoms with E-state index in [1.165, 1.54) is 5.69 Å². The zero-order valence-electron chi connectivity index (χ0n) is 13.1. The topological polar surface area (TPSA) is 56.6 Å². The lowest BCUT2D eigenvalue weighted by Crippen LogP contribution is -2.36. The highest BCUT2D eigenvalue weighted by atomic mass is 16.7. The Morgan fingerprint density at radius 2 is 2.26 bits per heavy atom. The van der Waals surface area contributed by atoms with Crippen LogP contribution >= 0.6 is 0 Å². The van der Waals surface area contributed by atoms with Gasteiger partial charge in [-0.15, -0.1) is 0 Å². The van der Waals surface area contributed by atoms with Crippen LogP contribution in [-0.4, -0.2) is 34.2 Å². The van der Waals surface area contributed by atoms with Crippen LogP contribution < -0.4 is 9.47 Å². The summed E-state index contributed by atoms with van der Waals surface area (Å²) in [6, 6.07) is 5.82. The quantitative estimate of drug-likeness (QED) is 0.867. The van der Waals surface area contributed by atoms with Gasteiger partial charge in [0.2, 0.25) is 12.7 Å². The molecule has 1 aromatic heterocycles. The van der Waals surface area contributed by atoms with Crippen molar-refractivity contribution >= 4 is 5.91 Å². The molecule has 1 atom stereocenters. The molecule has 2 aliphatic heterocycles. The molecule has 0 saturated heterocycles. The zero-order valence-corrected chi connectivity index (χ0v) is 13.1. The van der Waals surface area contributed by atoms with E-state index in [9.17, 15) is 4.79 Å². The maximum Gasteiger partial charge on any atom is 0.231 e. The molecule has 3 heterocycles. The van der Waals surface area contributed by atoms with E-state index < -0.39 is 0 Å². The number of carbonyl (C=O) groups is 1. The highest BCUT2D eigenvalue weighted by molar-refractivity contribution is 5.78. The summed E-state index contributed by atoms with van der Waals surface area (Å²) in [7, 11) is 1.86. The molecular formula is C17H19N3O3. The van der Waals surface area contributed by atoms with Crippen LogP contribution in [0.3, 0.4) is 0 Å². The maximum absolute atomic E-state index is 12.7. The largest absolute Gasteiger partial charge is 0.454 e. The Kier molecular flexibility index (Phi) is 3.44. The van der Waals surface area contributed by atoms with Crippen molar-refractivity contribution in [1.82, 2.24) is 14.5 Å². The van der Waals surface area contributed by atoms with Gasteiger partial charge in [-0.1, -0.05) is 6.07 Å². The zero-order chi connectivity index (χ0) is 15.8. The van der Waals surface area contributed by atoms with Gasteiger partial charge in [0, 0.05) is 32.0 Å². The van der Waals surface area contributed by atoms with Gasteiger partial charge < -0.3 is 18.9 Å². The van der Waals surface area contributed by atoms with Crippen LogP contribution in [0.1, 0.15) is 17.7 Å². The number of hydrogen-bond acceptors (Lipinski definition) is 4. The van der Waals surface area contributed by atoms with Crippen LogP contribution in [0.5, 0.6) is 11.5 Å². The van der Waals surface area contributed by atoms with Crippen molar-refractivity contribution in [1.29, 1.82) is 0 Å². The fraction of sp³-hybridized carbons (Fsp3) is 0.412. The van der Waals surface area contributed by atoms with Gasteiger partial charge >= 0.3 is 0 Å². The van der Waals surface area contributed by atoms with Crippen molar-refractivity contribution < 1.29 is 14.3 Å². The lowest BCUT2D eigenvalue weighted by Gasteiger charge is -2.27. The number of nitrogens with zero attached hydrogens (tertiary/aromatic N) is 3. The standard InChI is InChI=1S/C17H19N3O3/c1-19(8-12-2-5-15-16(6-12)23-11-22-15)17(21)13-3-4-14-7-18-10-20(14)9-13/h2,5-7,10,13H,3-4,8-9,11H2,1H3/t13-/m0/s1. The molecule has 2 aliphatic rings. The molecule has 0 aliphatic carbocycles. The molecule has 0 bridgehead atoms. The Balaban J connectivity index is 1.43. The van der Waals surface area contributed by atoms with Gasteiger partial charge in [0.05, 0.1) is 12.2 Å². The molecular weight excluding hydrogens is 294 g/mol. The molecule has 0 radical (unpaired) electrons. The van der Waals surface area contributed by atoms with Crippen molar-refractivity contribution in [3.05, 3.63) is 42.0 Å². The van der Waals surface area contributed by atoms with E-state index >= 15 is 0 Å². The number of aryl methyl sites for hydroxylation is 1. The van der Waals surface area contributed by atoms with Gasteiger partial charge in [-0.25, -0.2) is 4.98 Å². The molecule has 0 spiro atoms. The minimum absolute atomic E-state index is 0.0238. The summed E-state index contributed by atoms with van der Waals surface area (Å²) in [4.78, 5) is 18.7. The number of benzene rings is 1. The number of ether oxygens (including phenoxy) is 2. The van der Waals surface area contributed by atoms with Crippen LogP contribution in [-0.2, 0) is 24.3 Å². The number of aromatic nitrogens is 2. The average Bonchev–Trinajstić information content (AvgIpc) is 3.21. The van der Waals surface area contributed by atoms with Crippen LogP contribution in [0.25, 0.3) is 0 Å². The minimum Gasteiger partial charge on any atom is -0.454 e. The second kappa shape index (κ2) is 5.61. The Morgan fingerprint density at radius 1 is 1.39 bits per heavy atom. The third kappa shape index (κ3) is 2.65. The van der Waals surface area contributed by atoms with Crippen LogP contribution in [0, 0.1) is 5.92 Å². The van der Waals surface area contributed by atoms with Gasteiger partial charge in [-0.3, -0.25) is 4.79 Å². The Hall–Kier alpha value is -2.50. The van der Waals surface area contributed by atoms with E-state index in [1.807, 2.05) is 37.8 Å². The SMILES string of the molecule is CN(Cc1ccc2c(c1)OCO2)C(=O)[C@H]1CCc2cncn2C1. The Morgan fingerprint density at radius 3 is 3.17 bits per heavy atom. The third-order valence-electron chi connectivity index (χ3n) is 4.55. The van der Waals surface area contributed by atoms with Gasteiger partial charge in [0.15, 0.2) is 11.5 Å². The summed E-state index contributed by atoms with van der Waals surface area (Å²) in [6.07, 6.45) is 5.49. The summed E-state index contributed by atoms with van der Waals surface area (Å²) >= 11 is 0. The number of hydrogen-bond donors (Lipinski definition) is 0. The predicted molar refractivity (Wildman–Crippen MR) is 83.1 cm³/mol. The second-order valence-electron chi connectivity index (χ2n) is 6.15. The highest BCUT2D eigenvalue weighted by Gasteiger charge is 2.27. The molecule has 1 aromatic carbocycles. The summed E-state index contributed by atoms with van der Waals surface area (Å²) in [5.41, 5.74) is 2.26. The molecule has 4 rings (SSSR count). The minimum atomic E-state index is 0.0238. The van der Waals surface area contributed by atoms with Crippen molar-refractivity contribution in [2.75, 3.05) is 13.8 Å². The first kappa shape index (κ1) is 14.1. The molecule has 23 heavy (non-hydrogen) atoms. The summed E-state index contributed by atoms with van der Waals surface area (Å²) < 4.78 is 12.8. The average molecular weight is 313 g/mol. The fourth-order valence-electron chi connectivity index (χ4n) is 3.28. The molecule has 0 unspecified atom stereocenters. The van der Waals surface area contributed by atoms with Crippen molar-refractivity contribution in [2.24, 2.45) is 5.92 Å². The van der Waals surface area contributed by atoms with Gasteiger partial charge in [0.25, 0.3) is 0 Å². The Labute approximate surface area is 134 Å². The molecule has 0 saturated carbocycles. The van der Waals surface area contributed by atoms with Gasteiger partial charge in [-0.2, -0.15) is 0 Å². The molecule has 2 aromatic rings. The molecule has 6 heteroatoms. The van der Waals surface area contributed by atoms with E-state index in [2.05, 4.69) is 9.55 Å². The number of carbonyl (C=O) groups excluding carboxylic acids is 1. The summed E-state index contributed by atoms with van der Waals surface area (Å²) in [5, 5.41) is 0. The monoisotopic (exact) mass is 313 g/mol. The molecule has 6 nitrogen and oxygen atoms in total. The van der Waals surface area contributed by atoms with Gasteiger partial charge in [0.1, 0.15) is 0 Å². The van der Waals surface area contributed by atoms with E-state index in [0.717, 1.165) is 36.4 Å². The summed E-state index contributed by atoms with van der Waals surface area (Å²) in [6.45, 7) is 1.56. The number of rotatable bonds is 3. The normalized spacial score (nSPS) is 18.6. The molecule has 1 amide bonds. The van der Waals surface area contributed by atoms with E-state index in [0.29, 0.717) is 6.54 Å². The first-order chi connectivity index (χ1) is 11.2. The van der Waals surface area contributed by atoms with Crippen LogP contribution in [0.2, 0.25) is 0 Å². The number of amides is 1. The van der Waals surface area contributed by atoms with E-state index in [-0.39, 0.29) is 18.6 Å². The summed E-state index contributed by atoms with van der Waals surface area (Å²) in [5.74, 6) is 1.73. The third-order valence-corrected chi connectivity index (χ3v) is 4.55. The molecule has 0 N–H and O–H groups in total. The number of fused-ring (bicyclic) bond motifs is 2. The number of imidazole rings is 1. The Bertz CT molecular complexity index is 740. The van der Waals surface area contributed by atoms with Crippen molar-refractivity contribution in [3.63, 3.8) is 0 Å². The fourth-order valence-corrected chi connectivity index (χ4v) is 3.28. The second-order valence-corrected chi connectivity index (χ2v) is 6.15. The van der Waals surface area contributed by atoms with E-state index in [4.69, 9.17) is 9.47 Å². The molecule has 120 valence electrons. The van der Waals surface area contributed by atoms with Crippen LogP contribution in [0.15, 0.2) is 30.7 Å².